The Morgan fingerprint density at radius 3 is 2.47 bits per heavy atom. The molecule has 1 fully saturated rings. The van der Waals surface area contributed by atoms with Crippen LogP contribution >= 0.6 is 0 Å². The topological polar surface area (TPSA) is 87.0 Å². The lowest BCUT2D eigenvalue weighted by Crippen LogP contribution is -2.21. The first-order chi connectivity index (χ1) is 14.2. The fourth-order valence-electron chi connectivity index (χ4n) is 3.71. The summed E-state index contributed by atoms with van der Waals surface area (Å²) in [5.74, 6) is 0.588. The van der Waals surface area contributed by atoms with Gasteiger partial charge in [-0.15, -0.1) is 0 Å². The molecule has 0 saturated heterocycles. The van der Waals surface area contributed by atoms with Crippen molar-refractivity contribution >= 4 is 17.0 Å². The van der Waals surface area contributed by atoms with Gasteiger partial charge < -0.3 is 10.0 Å². The molecule has 1 aromatic carbocycles. The summed E-state index contributed by atoms with van der Waals surface area (Å²) in [6, 6.07) is 6.02. The Morgan fingerprint density at radius 1 is 1.27 bits per heavy atom. The number of aliphatic hydroxyl groups excluding tert-OH is 1. The van der Waals surface area contributed by atoms with Crippen molar-refractivity contribution in [3.63, 3.8) is 0 Å². The van der Waals surface area contributed by atoms with E-state index >= 15 is 0 Å². The van der Waals surface area contributed by atoms with E-state index < -0.39 is 24.8 Å². The van der Waals surface area contributed by atoms with Crippen molar-refractivity contribution in [3.05, 3.63) is 51.4 Å². The Kier molecular flexibility index (Phi) is 5.05. The predicted octanol–water partition coefficient (Wildman–Crippen LogP) is 2.78. The molecule has 1 atom stereocenters. The zero-order chi connectivity index (χ0) is 21.6. The van der Waals surface area contributed by atoms with E-state index in [0.717, 1.165) is 18.4 Å². The van der Waals surface area contributed by atoms with Gasteiger partial charge in [-0.25, -0.2) is 4.68 Å². The van der Waals surface area contributed by atoms with Crippen LogP contribution in [0.3, 0.4) is 0 Å². The number of aromatic amines is 1. The number of halogens is 3. The van der Waals surface area contributed by atoms with Crippen molar-refractivity contribution in [2.24, 2.45) is 5.92 Å². The predicted molar refractivity (Wildman–Crippen MR) is 105 cm³/mol. The number of fused-ring (bicyclic) bond motifs is 1. The maximum atomic E-state index is 12.7. The van der Waals surface area contributed by atoms with E-state index in [4.69, 9.17) is 0 Å². The molecule has 1 aliphatic rings. The molecule has 2 heterocycles. The van der Waals surface area contributed by atoms with Gasteiger partial charge in [0.1, 0.15) is 11.1 Å². The van der Waals surface area contributed by atoms with Gasteiger partial charge in [0.2, 0.25) is 5.95 Å². The average molecular weight is 421 g/mol. The average Bonchev–Trinajstić information content (AvgIpc) is 3.43. The van der Waals surface area contributed by atoms with E-state index in [2.05, 4.69) is 15.1 Å². The fraction of sp³-hybridized carbons (Fsp3) is 0.450. The van der Waals surface area contributed by atoms with Gasteiger partial charge in [0.15, 0.2) is 5.65 Å². The standard InChI is InChI=1S/C20H22F3N5O2/c1-27(2)19-24-17-15(18(30)25-19)14(10-29)26-28(17)16(13-7-8-13)12-5-3-11(4-6-12)9-20(21,22)23/h3-6,13,16,29H,7-10H2,1-2H3,(H,24,25,30)/t16-/m0/s1. The number of nitrogens with zero attached hydrogens (tertiary/aromatic N) is 4. The number of hydrogen-bond acceptors (Lipinski definition) is 5. The molecule has 1 saturated carbocycles. The number of hydrogen-bond donors (Lipinski definition) is 2. The van der Waals surface area contributed by atoms with Crippen molar-refractivity contribution in [3.8, 4) is 0 Å². The lowest BCUT2D eigenvalue weighted by molar-refractivity contribution is -0.127. The Hall–Kier alpha value is -2.88. The summed E-state index contributed by atoms with van der Waals surface area (Å²) in [6.45, 7) is -0.419. The van der Waals surface area contributed by atoms with Crippen molar-refractivity contribution < 1.29 is 18.3 Å². The van der Waals surface area contributed by atoms with E-state index in [-0.39, 0.29) is 28.6 Å². The van der Waals surface area contributed by atoms with Crippen molar-refractivity contribution in [2.45, 2.75) is 38.1 Å². The van der Waals surface area contributed by atoms with Crippen LogP contribution in [0.5, 0.6) is 0 Å². The van der Waals surface area contributed by atoms with Crippen LogP contribution in [-0.4, -0.2) is 45.1 Å². The normalized spacial score (nSPS) is 15.5. The smallest absolute Gasteiger partial charge is 0.390 e. The zero-order valence-corrected chi connectivity index (χ0v) is 16.6. The second-order valence-electron chi connectivity index (χ2n) is 7.85. The Balaban J connectivity index is 1.83. The summed E-state index contributed by atoms with van der Waals surface area (Å²) >= 11 is 0. The van der Waals surface area contributed by atoms with Crippen LogP contribution in [0.2, 0.25) is 0 Å². The van der Waals surface area contributed by atoms with Crippen molar-refractivity contribution in [1.82, 2.24) is 19.7 Å². The number of alkyl halides is 3. The zero-order valence-electron chi connectivity index (χ0n) is 16.6. The lowest BCUT2D eigenvalue weighted by atomic mass is 10.00. The summed E-state index contributed by atoms with van der Waals surface area (Å²) in [4.78, 5) is 21.5. The van der Waals surface area contributed by atoms with Gasteiger partial charge in [-0.05, 0) is 29.9 Å². The largest absolute Gasteiger partial charge is 0.393 e. The quantitative estimate of drug-likeness (QED) is 0.639. The van der Waals surface area contributed by atoms with Gasteiger partial charge in [0.05, 0.1) is 19.1 Å². The minimum atomic E-state index is -4.26. The SMILES string of the molecule is CN(C)c1nc2c(c(CO)nn2[C@@H](c2ccc(CC(F)(F)F)cc2)C2CC2)c(=O)[nH]1. The Bertz CT molecular complexity index is 1110. The Morgan fingerprint density at radius 2 is 1.93 bits per heavy atom. The molecule has 0 unspecified atom stereocenters. The monoisotopic (exact) mass is 421 g/mol. The van der Waals surface area contributed by atoms with E-state index in [9.17, 15) is 23.1 Å². The molecule has 0 radical (unpaired) electrons. The van der Waals surface area contributed by atoms with Gasteiger partial charge in [0, 0.05) is 14.1 Å². The molecular formula is C20H22F3N5O2. The first-order valence-corrected chi connectivity index (χ1v) is 9.63. The van der Waals surface area contributed by atoms with Crippen LogP contribution in [0.4, 0.5) is 19.1 Å². The van der Waals surface area contributed by atoms with Crippen LogP contribution < -0.4 is 10.5 Å². The summed E-state index contributed by atoms with van der Waals surface area (Å²) in [6.07, 6.45) is -3.37. The molecule has 7 nitrogen and oxygen atoms in total. The maximum absolute atomic E-state index is 12.7. The van der Waals surface area contributed by atoms with Crippen LogP contribution in [0.25, 0.3) is 11.0 Å². The summed E-state index contributed by atoms with van der Waals surface area (Å²) in [7, 11) is 3.49. The molecule has 1 aliphatic carbocycles. The second-order valence-corrected chi connectivity index (χ2v) is 7.85. The first-order valence-electron chi connectivity index (χ1n) is 9.63. The first kappa shape index (κ1) is 20.4. The van der Waals surface area contributed by atoms with E-state index in [1.807, 2.05) is 0 Å². The van der Waals surface area contributed by atoms with Crippen LogP contribution in [0.15, 0.2) is 29.1 Å². The number of H-pyrrole nitrogens is 1. The third-order valence-corrected chi connectivity index (χ3v) is 5.25. The molecule has 2 N–H and O–H groups in total. The minimum Gasteiger partial charge on any atom is -0.390 e. The molecule has 0 amide bonds. The van der Waals surface area contributed by atoms with Gasteiger partial charge in [-0.3, -0.25) is 9.78 Å². The molecule has 10 heteroatoms. The third kappa shape index (κ3) is 3.91. The minimum absolute atomic E-state index is 0.187. The van der Waals surface area contributed by atoms with Gasteiger partial charge in [0.25, 0.3) is 5.56 Å². The van der Waals surface area contributed by atoms with Gasteiger partial charge >= 0.3 is 6.18 Å². The molecule has 0 spiro atoms. The summed E-state index contributed by atoms with van der Waals surface area (Å²) in [5.41, 5.74) is 1.16. The number of benzene rings is 1. The highest BCUT2D eigenvalue weighted by molar-refractivity contribution is 5.78. The van der Waals surface area contributed by atoms with Crippen molar-refractivity contribution in [1.29, 1.82) is 0 Å². The summed E-state index contributed by atoms with van der Waals surface area (Å²) in [5, 5.41) is 14.4. The highest BCUT2D eigenvalue weighted by atomic mass is 19.4. The summed E-state index contributed by atoms with van der Waals surface area (Å²) < 4.78 is 39.7. The number of aliphatic hydroxyl groups is 1. The fourth-order valence-corrected chi connectivity index (χ4v) is 3.71. The number of aromatic nitrogens is 4. The molecule has 0 aliphatic heterocycles. The molecule has 4 rings (SSSR count). The molecule has 2 aromatic heterocycles. The molecule has 3 aromatic rings. The highest BCUT2D eigenvalue weighted by Crippen LogP contribution is 2.44. The highest BCUT2D eigenvalue weighted by Gasteiger charge is 2.36. The molecule has 30 heavy (non-hydrogen) atoms. The van der Waals surface area contributed by atoms with E-state index in [1.165, 1.54) is 12.1 Å². The van der Waals surface area contributed by atoms with Gasteiger partial charge in [-0.2, -0.15) is 23.3 Å². The van der Waals surface area contributed by atoms with E-state index in [1.54, 1.807) is 35.8 Å². The molecule has 160 valence electrons. The van der Waals surface area contributed by atoms with Crippen LogP contribution in [0.1, 0.15) is 35.7 Å². The number of rotatable bonds is 6. The Labute approximate surface area is 170 Å². The molecule has 0 bridgehead atoms. The number of anilines is 1. The van der Waals surface area contributed by atoms with Gasteiger partial charge in [-0.1, -0.05) is 24.3 Å². The van der Waals surface area contributed by atoms with Crippen molar-refractivity contribution in [2.75, 3.05) is 19.0 Å². The van der Waals surface area contributed by atoms with E-state index in [0.29, 0.717) is 11.6 Å². The lowest BCUT2D eigenvalue weighted by Gasteiger charge is -2.19. The maximum Gasteiger partial charge on any atom is 0.393 e. The third-order valence-electron chi connectivity index (χ3n) is 5.25. The second kappa shape index (κ2) is 7.42. The molecular weight excluding hydrogens is 399 g/mol. The van der Waals surface area contributed by atoms with Crippen LogP contribution in [-0.2, 0) is 13.0 Å². The number of nitrogens with one attached hydrogen (secondary N) is 1. The van der Waals surface area contributed by atoms with Crippen LogP contribution in [0, 0.1) is 5.92 Å².